The van der Waals surface area contributed by atoms with Crippen molar-refractivity contribution >= 4 is 21.5 Å². The van der Waals surface area contributed by atoms with Gasteiger partial charge in [-0.1, -0.05) is 26.0 Å². The molecule has 1 N–H and O–H groups in total. The van der Waals surface area contributed by atoms with Crippen molar-refractivity contribution in [3.63, 3.8) is 0 Å². The van der Waals surface area contributed by atoms with E-state index in [1.807, 2.05) is 32.0 Å². The maximum absolute atomic E-state index is 13.2. The van der Waals surface area contributed by atoms with E-state index in [4.69, 9.17) is 0 Å². The molecule has 2 saturated carbocycles. The maximum atomic E-state index is 13.2. The molecule has 150 valence electrons. The van der Waals surface area contributed by atoms with Crippen LogP contribution in [0.2, 0.25) is 0 Å². The lowest BCUT2D eigenvalue weighted by molar-refractivity contribution is -0.128. The van der Waals surface area contributed by atoms with Crippen LogP contribution in [0.4, 0.5) is 5.69 Å². The second-order valence-corrected chi connectivity index (χ2v) is 10.6. The Hall–Kier alpha value is -2.15. The number of sulfonamides is 1. The number of para-hydroxylation sites is 2. The van der Waals surface area contributed by atoms with E-state index in [9.17, 15) is 13.2 Å². The first-order valence-electron chi connectivity index (χ1n) is 9.72. The van der Waals surface area contributed by atoms with Crippen LogP contribution in [-0.2, 0) is 14.8 Å². The van der Waals surface area contributed by atoms with Gasteiger partial charge >= 0.3 is 0 Å². The van der Waals surface area contributed by atoms with Gasteiger partial charge in [0.05, 0.1) is 28.2 Å². The van der Waals surface area contributed by atoms with Gasteiger partial charge in [-0.15, -0.1) is 0 Å². The van der Waals surface area contributed by atoms with Gasteiger partial charge < -0.3 is 0 Å². The summed E-state index contributed by atoms with van der Waals surface area (Å²) in [4.78, 5) is 12.7. The van der Waals surface area contributed by atoms with Gasteiger partial charge in [0, 0.05) is 12.1 Å². The number of carbonyl (C=O) groups excluding carboxylic acids is 1. The Labute approximate surface area is 166 Å². The summed E-state index contributed by atoms with van der Waals surface area (Å²) in [6.45, 7) is 7.94. The number of aryl methyl sites for hydroxylation is 2. The van der Waals surface area contributed by atoms with Crippen molar-refractivity contribution in [3.8, 4) is 5.69 Å². The molecular weight excluding hydrogens is 374 g/mol. The summed E-state index contributed by atoms with van der Waals surface area (Å²) in [6.07, 6.45) is 2.09. The molecule has 28 heavy (non-hydrogen) atoms. The third-order valence-corrected chi connectivity index (χ3v) is 8.39. The second kappa shape index (κ2) is 6.17. The monoisotopic (exact) mass is 401 g/mol. The molecule has 2 aromatic rings. The molecule has 2 aliphatic rings. The van der Waals surface area contributed by atoms with E-state index in [0.717, 1.165) is 17.8 Å². The Balaban J connectivity index is 1.67. The molecule has 2 bridgehead atoms. The van der Waals surface area contributed by atoms with Crippen molar-refractivity contribution in [3.05, 3.63) is 41.7 Å². The average molecular weight is 402 g/mol. The minimum atomic E-state index is -3.71. The highest BCUT2D eigenvalue weighted by Crippen LogP contribution is 2.64. The number of anilines is 1. The molecule has 1 heterocycles. The lowest BCUT2D eigenvalue weighted by Crippen LogP contribution is -2.43. The Kier molecular flexibility index (Phi) is 4.23. The number of ketones is 1. The normalized spacial score (nSPS) is 26.0. The average Bonchev–Trinajstić information content (AvgIpc) is 3.11. The molecule has 1 aromatic carbocycles. The fourth-order valence-corrected chi connectivity index (χ4v) is 7.16. The standard InChI is InChI=1S/C21H27N3O3S/c1-14-11-15(2)24(22-14)18-8-6-5-7-17(18)23-28(26,27)13-21-10-9-16(12-19(21)25)20(21,3)4/h5-8,11,16,23H,9-10,12-13H2,1-4H3. The van der Waals surface area contributed by atoms with Crippen molar-refractivity contribution in [1.82, 2.24) is 9.78 Å². The summed E-state index contributed by atoms with van der Waals surface area (Å²) >= 11 is 0. The predicted molar refractivity (Wildman–Crippen MR) is 109 cm³/mol. The molecule has 1 aromatic heterocycles. The Morgan fingerprint density at radius 2 is 1.96 bits per heavy atom. The highest BCUT2D eigenvalue weighted by molar-refractivity contribution is 7.92. The molecule has 2 fully saturated rings. The van der Waals surface area contributed by atoms with Gasteiger partial charge in [0.2, 0.25) is 10.0 Å². The molecule has 4 rings (SSSR count). The van der Waals surface area contributed by atoms with Crippen molar-refractivity contribution in [2.24, 2.45) is 16.7 Å². The molecule has 0 radical (unpaired) electrons. The fourth-order valence-electron chi connectivity index (χ4n) is 5.25. The number of fused-ring (bicyclic) bond motifs is 2. The van der Waals surface area contributed by atoms with Gasteiger partial charge in [0.15, 0.2) is 0 Å². The van der Waals surface area contributed by atoms with E-state index in [-0.39, 0.29) is 22.9 Å². The van der Waals surface area contributed by atoms with E-state index < -0.39 is 15.4 Å². The van der Waals surface area contributed by atoms with E-state index in [1.165, 1.54) is 0 Å². The number of rotatable bonds is 5. The first-order chi connectivity index (χ1) is 13.1. The number of Topliss-reactive ketones (excluding diaryl/α,β-unsaturated/α-hetero) is 1. The first-order valence-corrected chi connectivity index (χ1v) is 11.4. The van der Waals surface area contributed by atoms with Crippen LogP contribution in [-0.4, -0.2) is 29.7 Å². The lowest BCUT2D eigenvalue weighted by Gasteiger charge is -2.36. The largest absolute Gasteiger partial charge is 0.299 e. The van der Waals surface area contributed by atoms with Crippen LogP contribution in [0.3, 0.4) is 0 Å². The van der Waals surface area contributed by atoms with Crippen molar-refractivity contribution in [2.45, 2.75) is 47.0 Å². The quantitative estimate of drug-likeness (QED) is 0.830. The van der Waals surface area contributed by atoms with E-state index in [2.05, 4.69) is 23.7 Å². The summed E-state index contributed by atoms with van der Waals surface area (Å²) in [7, 11) is -3.71. The number of carbonyl (C=O) groups is 1. The van der Waals surface area contributed by atoms with Gasteiger partial charge in [-0.25, -0.2) is 13.1 Å². The number of hydrogen-bond acceptors (Lipinski definition) is 4. The zero-order chi connectivity index (χ0) is 20.3. The summed E-state index contributed by atoms with van der Waals surface area (Å²) in [5.74, 6) is 0.233. The zero-order valence-electron chi connectivity index (χ0n) is 16.8. The van der Waals surface area contributed by atoms with Gasteiger partial charge in [0.25, 0.3) is 0 Å². The molecule has 7 heteroatoms. The smallest absolute Gasteiger partial charge is 0.233 e. The summed E-state index contributed by atoms with van der Waals surface area (Å²) in [6, 6.07) is 9.17. The zero-order valence-corrected chi connectivity index (χ0v) is 17.6. The van der Waals surface area contributed by atoms with Gasteiger partial charge in [0.1, 0.15) is 5.78 Å². The van der Waals surface area contributed by atoms with E-state index in [1.54, 1.807) is 16.8 Å². The van der Waals surface area contributed by atoms with Crippen molar-refractivity contribution in [2.75, 3.05) is 10.5 Å². The fraction of sp³-hybridized carbons (Fsp3) is 0.524. The summed E-state index contributed by atoms with van der Waals surface area (Å²) in [5, 5.41) is 4.47. The number of nitrogens with one attached hydrogen (secondary N) is 1. The Morgan fingerprint density at radius 1 is 1.25 bits per heavy atom. The Bertz CT molecular complexity index is 1050. The number of aromatic nitrogens is 2. The molecular formula is C21H27N3O3S. The molecule has 0 amide bonds. The summed E-state index contributed by atoms with van der Waals surface area (Å²) in [5.41, 5.74) is 1.88. The Morgan fingerprint density at radius 3 is 2.54 bits per heavy atom. The molecule has 6 nitrogen and oxygen atoms in total. The van der Waals surface area contributed by atoms with Crippen LogP contribution in [0.25, 0.3) is 5.69 Å². The minimum absolute atomic E-state index is 0.103. The van der Waals surface area contributed by atoms with Crippen LogP contribution in [0.5, 0.6) is 0 Å². The van der Waals surface area contributed by atoms with E-state index >= 15 is 0 Å². The number of benzene rings is 1. The van der Waals surface area contributed by atoms with Crippen LogP contribution < -0.4 is 4.72 Å². The van der Waals surface area contributed by atoms with Gasteiger partial charge in [-0.2, -0.15) is 5.10 Å². The number of nitrogens with zero attached hydrogens (tertiary/aromatic N) is 2. The number of hydrogen-bond donors (Lipinski definition) is 1. The third kappa shape index (κ3) is 2.79. The van der Waals surface area contributed by atoms with Crippen LogP contribution in [0.1, 0.15) is 44.5 Å². The molecule has 0 aliphatic heterocycles. The van der Waals surface area contributed by atoms with Crippen molar-refractivity contribution in [1.29, 1.82) is 0 Å². The van der Waals surface area contributed by atoms with Crippen LogP contribution in [0.15, 0.2) is 30.3 Å². The topological polar surface area (TPSA) is 81.1 Å². The highest BCUT2D eigenvalue weighted by Gasteiger charge is 2.65. The first kappa shape index (κ1) is 19.2. The van der Waals surface area contributed by atoms with Crippen molar-refractivity contribution < 1.29 is 13.2 Å². The molecule has 0 saturated heterocycles. The summed E-state index contributed by atoms with van der Waals surface area (Å²) < 4.78 is 30.8. The van der Waals surface area contributed by atoms with Gasteiger partial charge in [-0.3, -0.25) is 9.52 Å². The molecule has 2 atom stereocenters. The second-order valence-electron chi connectivity index (χ2n) is 8.88. The SMILES string of the molecule is Cc1cc(C)n(-c2ccccc2NS(=O)(=O)CC23CCC(CC2=O)C3(C)C)n1. The van der Waals surface area contributed by atoms with Crippen LogP contribution >= 0.6 is 0 Å². The lowest BCUT2D eigenvalue weighted by atomic mass is 9.70. The minimum Gasteiger partial charge on any atom is -0.299 e. The molecule has 0 spiro atoms. The van der Waals surface area contributed by atoms with Crippen LogP contribution in [0, 0.1) is 30.6 Å². The molecule has 2 aliphatic carbocycles. The van der Waals surface area contributed by atoms with E-state index in [0.29, 0.717) is 24.2 Å². The predicted octanol–water partition coefficient (Wildman–Crippen LogP) is 3.63. The van der Waals surface area contributed by atoms with Gasteiger partial charge in [-0.05, 0) is 56.2 Å². The maximum Gasteiger partial charge on any atom is 0.233 e. The highest BCUT2D eigenvalue weighted by atomic mass is 32.2. The third-order valence-electron chi connectivity index (χ3n) is 6.98. The molecule has 2 unspecified atom stereocenters.